The van der Waals surface area contributed by atoms with Crippen LogP contribution >= 0.6 is 11.3 Å². The van der Waals surface area contributed by atoms with Crippen LogP contribution in [0.5, 0.6) is 0 Å². The molecule has 96 valence electrons. The topological polar surface area (TPSA) is 43.4 Å². The first-order valence-electron chi connectivity index (χ1n) is 6.04. The maximum absolute atomic E-state index is 5.64. The molecule has 1 N–H and O–H groups in total. The largest absolute Gasteiger partial charge is 0.349 e. The standard InChI is InChI=1S/C12H20N2O2S/c1-4-10(11-13-5-6-17-11)14-9-7-15-12(2,3)16-8-9/h5-6,9-10,14H,4,7-8H2,1-3H3. The van der Waals surface area contributed by atoms with Crippen molar-refractivity contribution in [3.05, 3.63) is 16.6 Å². The third-order valence-corrected chi connectivity index (χ3v) is 3.75. The average molecular weight is 256 g/mol. The van der Waals surface area contributed by atoms with Crippen LogP contribution in [0.25, 0.3) is 0 Å². The first kappa shape index (κ1) is 13.0. The minimum Gasteiger partial charge on any atom is -0.349 e. The Morgan fingerprint density at radius 2 is 2.24 bits per heavy atom. The van der Waals surface area contributed by atoms with Crippen LogP contribution < -0.4 is 5.32 Å². The van der Waals surface area contributed by atoms with Gasteiger partial charge < -0.3 is 14.8 Å². The summed E-state index contributed by atoms with van der Waals surface area (Å²) in [5, 5.41) is 6.69. The van der Waals surface area contributed by atoms with Crippen LogP contribution in [-0.4, -0.2) is 30.0 Å². The zero-order valence-electron chi connectivity index (χ0n) is 10.6. The van der Waals surface area contributed by atoms with E-state index in [0.717, 1.165) is 11.4 Å². The van der Waals surface area contributed by atoms with Gasteiger partial charge in [0.1, 0.15) is 5.01 Å². The maximum atomic E-state index is 5.64. The van der Waals surface area contributed by atoms with Gasteiger partial charge in [-0.3, -0.25) is 0 Å². The van der Waals surface area contributed by atoms with Gasteiger partial charge in [-0.15, -0.1) is 11.3 Å². The van der Waals surface area contributed by atoms with E-state index in [1.165, 1.54) is 0 Å². The number of hydrogen-bond donors (Lipinski definition) is 1. The first-order valence-corrected chi connectivity index (χ1v) is 6.92. The van der Waals surface area contributed by atoms with Crippen molar-refractivity contribution in [3.8, 4) is 0 Å². The van der Waals surface area contributed by atoms with E-state index >= 15 is 0 Å². The molecule has 0 radical (unpaired) electrons. The Hall–Kier alpha value is -0.490. The fourth-order valence-electron chi connectivity index (χ4n) is 1.84. The van der Waals surface area contributed by atoms with Crippen LogP contribution in [0.3, 0.4) is 0 Å². The molecular formula is C12H20N2O2S. The van der Waals surface area contributed by atoms with E-state index in [2.05, 4.69) is 17.2 Å². The molecule has 0 saturated carbocycles. The van der Waals surface area contributed by atoms with E-state index in [9.17, 15) is 0 Å². The Kier molecular flexibility index (Phi) is 4.14. The molecule has 0 aromatic carbocycles. The number of hydrogen-bond acceptors (Lipinski definition) is 5. The van der Waals surface area contributed by atoms with Crippen molar-refractivity contribution in [2.45, 2.75) is 45.1 Å². The fraction of sp³-hybridized carbons (Fsp3) is 0.750. The molecule has 2 rings (SSSR count). The molecule has 1 saturated heterocycles. The number of nitrogens with zero attached hydrogens (tertiary/aromatic N) is 1. The quantitative estimate of drug-likeness (QED) is 0.898. The summed E-state index contributed by atoms with van der Waals surface area (Å²) in [4.78, 5) is 4.36. The summed E-state index contributed by atoms with van der Waals surface area (Å²) in [7, 11) is 0. The second kappa shape index (κ2) is 5.44. The summed E-state index contributed by atoms with van der Waals surface area (Å²) in [6.07, 6.45) is 2.87. The lowest BCUT2D eigenvalue weighted by atomic mass is 10.2. The van der Waals surface area contributed by atoms with E-state index in [1.54, 1.807) is 11.3 Å². The molecule has 17 heavy (non-hydrogen) atoms. The van der Waals surface area contributed by atoms with Gasteiger partial charge >= 0.3 is 0 Å². The molecule has 0 spiro atoms. The minimum atomic E-state index is -0.443. The van der Waals surface area contributed by atoms with E-state index < -0.39 is 5.79 Å². The van der Waals surface area contributed by atoms with Crippen molar-refractivity contribution >= 4 is 11.3 Å². The summed E-state index contributed by atoms with van der Waals surface area (Å²) in [5.41, 5.74) is 0. The molecule has 1 atom stereocenters. The lowest BCUT2D eigenvalue weighted by Crippen LogP contribution is -2.49. The van der Waals surface area contributed by atoms with Crippen molar-refractivity contribution in [1.82, 2.24) is 10.3 Å². The van der Waals surface area contributed by atoms with Crippen molar-refractivity contribution in [2.24, 2.45) is 0 Å². The monoisotopic (exact) mass is 256 g/mol. The summed E-state index contributed by atoms with van der Waals surface area (Å²) >= 11 is 1.69. The van der Waals surface area contributed by atoms with E-state index in [4.69, 9.17) is 9.47 Å². The normalized spacial score (nSPS) is 22.5. The van der Waals surface area contributed by atoms with Gasteiger partial charge in [-0.05, 0) is 20.3 Å². The van der Waals surface area contributed by atoms with Crippen LogP contribution in [0.2, 0.25) is 0 Å². The highest BCUT2D eigenvalue weighted by atomic mass is 32.1. The molecule has 4 nitrogen and oxygen atoms in total. The molecule has 0 aliphatic carbocycles. The van der Waals surface area contributed by atoms with Crippen molar-refractivity contribution in [1.29, 1.82) is 0 Å². The smallest absolute Gasteiger partial charge is 0.162 e. The predicted molar refractivity (Wildman–Crippen MR) is 68.1 cm³/mol. The molecule has 0 bridgehead atoms. The average Bonchev–Trinajstić information content (AvgIpc) is 2.81. The molecule has 5 heteroatoms. The van der Waals surface area contributed by atoms with Crippen LogP contribution in [0.15, 0.2) is 11.6 Å². The zero-order chi connectivity index (χ0) is 12.3. The Labute approximate surface area is 106 Å². The van der Waals surface area contributed by atoms with Crippen LogP contribution in [-0.2, 0) is 9.47 Å². The van der Waals surface area contributed by atoms with Gasteiger partial charge in [0.2, 0.25) is 0 Å². The highest BCUT2D eigenvalue weighted by Crippen LogP contribution is 2.22. The molecule has 1 aliphatic rings. The number of ether oxygens (including phenoxy) is 2. The third kappa shape index (κ3) is 3.48. The van der Waals surface area contributed by atoms with E-state index in [1.807, 2.05) is 25.4 Å². The van der Waals surface area contributed by atoms with Gasteiger partial charge in [-0.1, -0.05) is 6.92 Å². The van der Waals surface area contributed by atoms with E-state index in [-0.39, 0.29) is 6.04 Å². The highest BCUT2D eigenvalue weighted by Gasteiger charge is 2.29. The SMILES string of the molecule is CCC(NC1COC(C)(C)OC1)c1nccs1. The van der Waals surface area contributed by atoms with Gasteiger partial charge in [-0.2, -0.15) is 0 Å². The van der Waals surface area contributed by atoms with Gasteiger partial charge in [-0.25, -0.2) is 4.98 Å². The second-order valence-corrected chi connectivity index (χ2v) is 5.64. The summed E-state index contributed by atoms with van der Waals surface area (Å²) in [6, 6.07) is 0.547. The number of thiazole rings is 1. The summed E-state index contributed by atoms with van der Waals surface area (Å²) in [6.45, 7) is 7.43. The molecule has 1 fully saturated rings. The maximum Gasteiger partial charge on any atom is 0.162 e. The lowest BCUT2D eigenvalue weighted by molar-refractivity contribution is -0.253. The molecule has 0 amide bonds. The van der Waals surface area contributed by atoms with Crippen LogP contribution in [0.4, 0.5) is 0 Å². The zero-order valence-corrected chi connectivity index (χ0v) is 11.4. The van der Waals surface area contributed by atoms with Gasteiger partial charge in [0.05, 0.1) is 25.3 Å². The highest BCUT2D eigenvalue weighted by molar-refractivity contribution is 7.09. The molecule has 1 aliphatic heterocycles. The van der Waals surface area contributed by atoms with Gasteiger partial charge in [0.25, 0.3) is 0 Å². The van der Waals surface area contributed by atoms with Crippen molar-refractivity contribution < 1.29 is 9.47 Å². The second-order valence-electron chi connectivity index (χ2n) is 4.72. The van der Waals surface area contributed by atoms with E-state index in [0.29, 0.717) is 19.3 Å². The molecule has 1 aromatic heterocycles. The minimum absolute atomic E-state index is 0.247. The summed E-state index contributed by atoms with van der Waals surface area (Å²) < 4.78 is 11.3. The van der Waals surface area contributed by atoms with Crippen molar-refractivity contribution in [3.63, 3.8) is 0 Å². The van der Waals surface area contributed by atoms with Gasteiger partial charge in [0.15, 0.2) is 5.79 Å². The first-order chi connectivity index (χ1) is 8.11. The van der Waals surface area contributed by atoms with Crippen LogP contribution in [0.1, 0.15) is 38.2 Å². The Morgan fingerprint density at radius 3 is 2.76 bits per heavy atom. The lowest BCUT2D eigenvalue weighted by Gasteiger charge is -2.36. The van der Waals surface area contributed by atoms with Gasteiger partial charge in [0, 0.05) is 11.6 Å². The molecule has 1 aromatic rings. The molecule has 2 heterocycles. The predicted octanol–water partition coefficient (Wildman–Crippen LogP) is 2.34. The van der Waals surface area contributed by atoms with Crippen molar-refractivity contribution in [2.75, 3.05) is 13.2 Å². The number of aromatic nitrogens is 1. The fourth-order valence-corrected chi connectivity index (χ4v) is 2.63. The van der Waals surface area contributed by atoms with Crippen LogP contribution in [0, 0.1) is 0 Å². The number of rotatable bonds is 4. The number of nitrogens with one attached hydrogen (secondary N) is 1. The third-order valence-electron chi connectivity index (χ3n) is 2.86. The molecular weight excluding hydrogens is 236 g/mol. The summed E-state index contributed by atoms with van der Waals surface area (Å²) in [5.74, 6) is -0.443. The Balaban J connectivity index is 1.88. The Morgan fingerprint density at radius 1 is 1.53 bits per heavy atom. The Bertz CT molecular complexity index is 330. The molecule has 1 unspecified atom stereocenters.